The molecule has 0 saturated heterocycles. The summed E-state index contributed by atoms with van der Waals surface area (Å²) in [5.74, 6) is 0.518. The lowest BCUT2D eigenvalue weighted by Gasteiger charge is -2.14. The fraction of sp³-hybridized carbons (Fsp3) is 0.235. The average Bonchev–Trinajstić information content (AvgIpc) is 3.02. The standard InChI is InChI=1S/C17H16F3N3O/c1-21-8-10-3-4-12(16(5-10)24-2)13-6-11(17(18,19)20)7-15-14(13)9-22-23-15/h3-7,9,21H,8H2,1-2H3,(H,22,23). The molecule has 0 aliphatic rings. The maximum absolute atomic E-state index is 13.2. The molecule has 3 rings (SSSR count). The smallest absolute Gasteiger partial charge is 0.416 e. The van der Waals surface area contributed by atoms with Gasteiger partial charge in [-0.15, -0.1) is 0 Å². The van der Waals surface area contributed by atoms with Crippen molar-refractivity contribution in [1.82, 2.24) is 15.5 Å². The van der Waals surface area contributed by atoms with Crippen molar-refractivity contribution in [3.63, 3.8) is 0 Å². The van der Waals surface area contributed by atoms with Gasteiger partial charge in [-0.1, -0.05) is 12.1 Å². The summed E-state index contributed by atoms with van der Waals surface area (Å²) in [5.41, 5.74) is 1.61. The Morgan fingerprint density at radius 2 is 1.96 bits per heavy atom. The van der Waals surface area contributed by atoms with Gasteiger partial charge >= 0.3 is 6.18 Å². The zero-order valence-electron chi connectivity index (χ0n) is 13.2. The van der Waals surface area contributed by atoms with Crippen LogP contribution in [0.4, 0.5) is 13.2 Å². The largest absolute Gasteiger partial charge is 0.496 e. The van der Waals surface area contributed by atoms with Crippen molar-refractivity contribution in [3.05, 3.63) is 47.7 Å². The van der Waals surface area contributed by atoms with Gasteiger partial charge in [0.1, 0.15) is 5.75 Å². The molecule has 2 aromatic carbocycles. The Bertz CT molecular complexity index is 871. The number of hydrogen-bond donors (Lipinski definition) is 2. The van der Waals surface area contributed by atoms with E-state index in [1.165, 1.54) is 13.3 Å². The van der Waals surface area contributed by atoms with Gasteiger partial charge in [0.25, 0.3) is 0 Å². The van der Waals surface area contributed by atoms with Gasteiger partial charge in [0.2, 0.25) is 0 Å². The highest BCUT2D eigenvalue weighted by Crippen LogP contribution is 2.39. The Morgan fingerprint density at radius 3 is 2.62 bits per heavy atom. The molecule has 1 heterocycles. The van der Waals surface area contributed by atoms with Crippen molar-refractivity contribution in [2.75, 3.05) is 14.2 Å². The maximum Gasteiger partial charge on any atom is 0.416 e. The number of methoxy groups -OCH3 is 1. The number of benzene rings is 2. The van der Waals surface area contributed by atoms with E-state index in [0.29, 0.717) is 34.3 Å². The molecular formula is C17H16F3N3O. The Morgan fingerprint density at radius 1 is 1.17 bits per heavy atom. The number of H-pyrrole nitrogens is 1. The van der Waals surface area contributed by atoms with Crippen molar-refractivity contribution in [2.24, 2.45) is 0 Å². The van der Waals surface area contributed by atoms with Gasteiger partial charge < -0.3 is 10.1 Å². The van der Waals surface area contributed by atoms with E-state index in [1.807, 2.05) is 19.2 Å². The summed E-state index contributed by atoms with van der Waals surface area (Å²) < 4.78 is 45.0. The third kappa shape index (κ3) is 2.94. The summed E-state index contributed by atoms with van der Waals surface area (Å²) in [6.45, 7) is 0.639. The molecule has 0 amide bonds. The first-order valence-corrected chi connectivity index (χ1v) is 7.30. The SMILES string of the molecule is CNCc1ccc(-c2cc(C(F)(F)F)cc3[nH]ncc23)c(OC)c1. The summed E-state index contributed by atoms with van der Waals surface area (Å²) >= 11 is 0. The van der Waals surface area contributed by atoms with Crippen LogP contribution >= 0.6 is 0 Å². The summed E-state index contributed by atoms with van der Waals surface area (Å²) in [6.07, 6.45) is -2.92. The van der Waals surface area contributed by atoms with Crippen LogP contribution in [0.1, 0.15) is 11.1 Å². The molecule has 4 nitrogen and oxygen atoms in total. The second-order valence-corrected chi connectivity index (χ2v) is 5.42. The highest BCUT2D eigenvalue weighted by atomic mass is 19.4. The van der Waals surface area contributed by atoms with Gasteiger partial charge in [-0.2, -0.15) is 18.3 Å². The van der Waals surface area contributed by atoms with Crippen LogP contribution in [0.25, 0.3) is 22.0 Å². The first-order chi connectivity index (χ1) is 11.4. The van der Waals surface area contributed by atoms with E-state index < -0.39 is 11.7 Å². The highest BCUT2D eigenvalue weighted by molar-refractivity contribution is 5.96. The minimum atomic E-state index is -4.44. The number of aromatic nitrogens is 2. The number of hydrogen-bond acceptors (Lipinski definition) is 3. The molecule has 24 heavy (non-hydrogen) atoms. The monoisotopic (exact) mass is 335 g/mol. The molecule has 0 aliphatic heterocycles. The molecule has 2 N–H and O–H groups in total. The number of ether oxygens (including phenoxy) is 1. The van der Waals surface area contributed by atoms with Crippen LogP contribution in [0.3, 0.4) is 0 Å². The zero-order chi connectivity index (χ0) is 17.3. The Kier molecular flexibility index (Phi) is 4.19. The first kappa shape index (κ1) is 16.3. The number of nitrogens with zero attached hydrogens (tertiary/aromatic N) is 1. The highest BCUT2D eigenvalue weighted by Gasteiger charge is 2.32. The van der Waals surface area contributed by atoms with Crippen LogP contribution in [0, 0.1) is 0 Å². The van der Waals surface area contributed by atoms with Gasteiger partial charge in [-0.25, -0.2) is 0 Å². The summed E-state index contributed by atoms with van der Waals surface area (Å²) in [4.78, 5) is 0. The van der Waals surface area contributed by atoms with Crippen molar-refractivity contribution < 1.29 is 17.9 Å². The number of fused-ring (bicyclic) bond motifs is 1. The average molecular weight is 335 g/mol. The van der Waals surface area contributed by atoms with Crippen LogP contribution < -0.4 is 10.1 Å². The van der Waals surface area contributed by atoms with E-state index in [9.17, 15) is 13.2 Å². The normalized spacial score (nSPS) is 11.9. The van der Waals surface area contributed by atoms with Gasteiger partial charge in [-0.05, 0) is 36.4 Å². The quantitative estimate of drug-likeness (QED) is 0.758. The predicted molar refractivity (Wildman–Crippen MR) is 85.8 cm³/mol. The molecule has 0 unspecified atom stereocenters. The lowest BCUT2D eigenvalue weighted by atomic mass is 9.97. The van der Waals surface area contributed by atoms with Crippen molar-refractivity contribution in [3.8, 4) is 16.9 Å². The van der Waals surface area contributed by atoms with E-state index in [-0.39, 0.29) is 0 Å². The molecule has 0 fully saturated rings. The zero-order valence-corrected chi connectivity index (χ0v) is 13.2. The molecule has 7 heteroatoms. The Hall–Kier alpha value is -2.54. The van der Waals surface area contributed by atoms with Crippen LogP contribution in [0.5, 0.6) is 5.75 Å². The summed E-state index contributed by atoms with van der Waals surface area (Å²) in [7, 11) is 3.32. The second kappa shape index (κ2) is 6.16. The van der Waals surface area contributed by atoms with E-state index >= 15 is 0 Å². The van der Waals surface area contributed by atoms with Crippen molar-refractivity contribution >= 4 is 10.9 Å². The van der Waals surface area contributed by atoms with Crippen LogP contribution in [0.2, 0.25) is 0 Å². The molecule has 0 saturated carbocycles. The van der Waals surface area contributed by atoms with Crippen LogP contribution in [-0.4, -0.2) is 24.4 Å². The Labute approximate surface area is 136 Å². The molecule has 0 bridgehead atoms. The fourth-order valence-corrected chi connectivity index (χ4v) is 2.71. The van der Waals surface area contributed by atoms with Crippen molar-refractivity contribution in [1.29, 1.82) is 0 Å². The van der Waals surface area contributed by atoms with Crippen LogP contribution in [0.15, 0.2) is 36.5 Å². The molecule has 0 spiro atoms. The number of halogens is 3. The van der Waals surface area contributed by atoms with Gasteiger partial charge in [0, 0.05) is 17.5 Å². The van der Waals surface area contributed by atoms with E-state index in [2.05, 4.69) is 15.5 Å². The van der Waals surface area contributed by atoms with Gasteiger partial charge in [0.05, 0.1) is 24.4 Å². The number of nitrogens with one attached hydrogen (secondary N) is 2. The minimum Gasteiger partial charge on any atom is -0.496 e. The molecule has 126 valence electrons. The van der Waals surface area contributed by atoms with E-state index in [1.54, 1.807) is 6.07 Å². The minimum absolute atomic E-state index is 0.334. The lowest BCUT2D eigenvalue weighted by molar-refractivity contribution is -0.137. The molecule has 0 radical (unpaired) electrons. The topological polar surface area (TPSA) is 49.9 Å². The number of alkyl halides is 3. The molecule has 0 aliphatic carbocycles. The third-order valence-corrected chi connectivity index (χ3v) is 3.82. The molecule has 1 aromatic heterocycles. The number of rotatable bonds is 4. The fourth-order valence-electron chi connectivity index (χ4n) is 2.71. The third-order valence-electron chi connectivity index (χ3n) is 3.82. The summed E-state index contributed by atoms with van der Waals surface area (Å²) in [5, 5.41) is 10.1. The maximum atomic E-state index is 13.2. The van der Waals surface area contributed by atoms with Gasteiger partial charge in [-0.3, -0.25) is 5.10 Å². The lowest BCUT2D eigenvalue weighted by Crippen LogP contribution is -2.06. The molecule has 3 aromatic rings. The van der Waals surface area contributed by atoms with Gasteiger partial charge in [0.15, 0.2) is 0 Å². The molecule has 0 atom stereocenters. The van der Waals surface area contributed by atoms with E-state index in [4.69, 9.17) is 4.74 Å². The predicted octanol–water partition coefficient (Wildman–Crippen LogP) is 3.98. The molecular weight excluding hydrogens is 319 g/mol. The van der Waals surface area contributed by atoms with Crippen LogP contribution in [-0.2, 0) is 12.7 Å². The first-order valence-electron chi connectivity index (χ1n) is 7.30. The number of aromatic amines is 1. The second-order valence-electron chi connectivity index (χ2n) is 5.42. The van der Waals surface area contributed by atoms with E-state index in [0.717, 1.165) is 17.7 Å². The Balaban J connectivity index is 2.23. The summed E-state index contributed by atoms with van der Waals surface area (Å²) in [6, 6.07) is 7.65. The van der Waals surface area contributed by atoms with Crippen molar-refractivity contribution in [2.45, 2.75) is 12.7 Å².